The van der Waals surface area contributed by atoms with Crippen molar-refractivity contribution in [2.45, 2.75) is 25.7 Å². The number of rotatable bonds is 6. The van der Waals surface area contributed by atoms with Crippen LogP contribution in [0, 0.1) is 5.82 Å². The maximum absolute atomic E-state index is 13.6. The summed E-state index contributed by atoms with van der Waals surface area (Å²) in [7, 11) is 0. The smallest absolute Gasteiger partial charge is 0.165 e. The largest absolute Gasteiger partial charge is 0.492 e. The average molecular weight is 362 g/mol. The molecular weight excluding hydrogens is 341 g/mol. The first-order valence-electron chi connectivity index (χ1n) is 8.58. The first kappa shape index (κ1) is 17.9. The minimum atomic E-state index is -0.475. The zero-order valence-electron chi connectivity index (χ0n) is 14.0. The third-order valence-electron chi connectivity index (χ3n) is 4.40. The summed E-state index contributed by atoms with van der Waals surface area (Å²) >= 11 is 6.31. The molecule has 132 valence electrons. The molecule has 0 radical (unpaired) electrons. The molecule has 0 aromatic heterocycles. The van der Waals surface area contributed by atoms with Crippen LogP contribution in [0.15, 0.2) is 36.4 Å². The van der Waals surface area contributed by atoms with Crippen molar-refractivity contribution in [1.82, 2.24) is 5.32 Å². The molecule has 1 aliphatic rings. The van der Waals surface area contributed by atoms with E-state index in [9.17, 15) is 9.18 Å². The predicted molar refractivity (Wildman–Crippen MR) is 97.2 cm³/mol. The summed E-state index contributed by atoms with van der Waals surface area (Å²) < 4.78 is 19.5. The topological polar surface area (TPSA) is 38.3 Å². The third-order valence-corrected chi connectivity index (χ3v) is 4.70. The molecular formula is C20H21ClFNO2. The van der Waals surface area contributed by atoms with Gasteiger partial charge in [0.05, 0.1) is 17.2 Å². The van der Waals surface area contributed by atoms with Crippen LogP contribution in [0.1, 0.15) is 34.3 Å². The minimum Gasteiger partial charge on any atom is -0.492 e. The van der Waals surface area contributed by atoms with E-state index < -0.39 is 5.82 Å². The summed E-state index contributed by atoms with van der Waals surface area (Å²) in [5.41, 5.74) is 2.55. The SMILES string of the molecule is O=C(CCCOc1c(Cl)ccc2c1CCNCC2)c1ccccc1F. The molecule has 2 aromatic carbocycles. The number of Topliss-reactive ketones (excluding diaryl/α,β-unsaturated/α-hetero) is 1. The van der Waals surface area contributed by atoms with Crippen molar-refractivity contribution in [1.29, 1.82) is 0 Å². The lowest BCUT2D eigenvalue weighted by Gasteiger charge is -2.15. The second-order valence-corrected chi connectivity index (χ2v) is 6.53. The van der Waals surface area contributed by atoms with Gasteiger partial charge in [-0.15, -0.1) is 0 Å². The fourth-order valence-electron chi connectivity index (χ4n) is 3.09. The Morgan fingerprint density at radius 1 is 1.16 bits per heavy atom. The van der Waals surface area contributed by atoms with E-state index >= 15 is 0 Å². The quantitative estimate of drug-likeness (QED) is 0.618. The fraction of sp³-hybridized carbons (Fsp3) is 0.350. The Hall–Kier alpha value is -1.91. The number of halogens is 2. The van der Waals surface area contributed by atoms with Gasteiger partial charge >= 0.3 is 0 Å². The summed E-state index contributed by atoms with van der Waals surface area (Å²) in [4.78, 5) is 12.1. The van der Waals surface area contributed by atoms with E-state index in [1.165, 1.54) is 17.7 Å². The van der Waals surface area contributed by atoms with Gasteiger partial charge < -0.3 is 10.1 Å². The van der Waals surface area contributed by atoms with Crippen LogP contribution in [0.2, 0.25) is 5.02 Å². The van der Waals surface area contributed by atoms with Gasteiger partial charge in [0.2, 0.25) is 0 Å². The van der Waals surface area contributed by atoms with E-state index in [4.69, 9.17) is 16.3 Å². The molecule has 1 aliphatic heterocycles. The van der Waals surface area contributed by atoms with Crippen LogP contribution < -0.4 is 10.1 Å². The van der Waals surface area contributed by atoms with Gasteiger partial charge in [-0.25, -0.2) is 4.39 Å². The summed E-state index contributed by atoms with van der Waals surface area (Å²) in [5.74, 6) is 0.0439. The van der Waals surface area contributed by atoms with Crippen LogP contribution in [0.4, 0.5) is 4.39 Å². The standard InChI is InChI=1S/C20H21ClFNO2/c21-17-8-7-14-9-11-23-12-10-15(14)20(17)25-13-3-6-19(24)16-4-1-2-5-18(16)22/h1-2,4-5,7-8,23H,3,6,9-13H2. The van der Waals surface area contributed by atoms with Crippen LogP contribution in [0.3, 0.4) is 0 Å². The van der Waals surface area contributed by atoms with E-state index in [1.807, 2.05) is 6.07 Å². The van der Waals surface area contributed by atoms with Gasteiger partial charge in [0, 0.05) is 12.0 Å². The summed E-state index contributed by atoms with van der Waals surface area (Å²) in [6.07, 6.45) is 2.59. The minimum absolute atomic E-state index is 0.139. The number of hydrogen-bond donors (Lipinski definition) is 1. The number of nitrogens with one attached hydrogen (secondary N) is 1. The zero-order valence-corrected chi connectivity index (χ0v) is 14.7. The Bertz CT molecular complexity index is 763. The van der Waals surface area contributed by atoms with Gasteiger partial charge in [-0.1, -0.05) is 29.8 Å². The van der Waals surface area contributed by atoms with Gasteiger partial charge in [0.1, 0.15) is 11.6 Å². The number of benzene rings is 2. The Labute approximate surface area is 152 Å². The molecule has 3 rings (SSSR count). The highest BCUT2D eigenvalue weighted by molar-refractivity contribution is 6.32. The van der Waals surface area contributed by atoms with Gasteiger partial charge in [0.15, 0.2) is 5.78 Å². The van der Waals surface area contributed by atoms with Gasteiger partial charge in [-0.05, 0) is 56.1 Å². The third kappa shape index (κ3) is 4.39. The van der Waals surface area contributed by atoms with E-state index in [1.54, 1.807) is 12.1 Å². The van der Waals surface area contributed by atoms with Crippen molar-refractivity contribution in [3.63, 3.8) is 0 Å². The summed E-state index contributed by atoms with van der Waals surface area (Å²) in [6, 6.07) is 9.98. The van der Waals surface area contributed by atoms with E-state index in [-0.39, 0.29) is 17.8 Å². The highest BCUT2D eigenvalue weighted by atomic mass is 35.5. The van der Waals surface area contributed by atoms with Gasteiger partial charge in [0.25, 0.3) is 0 Å². The molecule has 0 spiro atoms. The number of fused-ring (bicyclic) bond motifs is 1. The molecule has 1 heterocycles. The predicted octanol–water partition coefficient (Wildman–Crippen LogP) is 4.21. The van der Waals surface area contributed by atoms with Crippen molar-refractivity contribution in [2.24, 2.45) is 0 Å². The molecule has 1 N–H and O–H groups in total. The summed E-state index contributed by atoms with van der Waals surface area (Å²) in [6.45, 7) is 2.23. The van der Waals surface area contributed by atoms with Crippen molar-refractivity contribution < 1.29 is 13.9 Å². The molecule has 0 bridgehead atoms. The molecule has 2 aromatic rings. The van der Waals surface area contributed by atoms with Crippen LogP contribution in [-0.2, 0) is 12.8 Å². The van der Waals surface area contributed by atoms with Gasteiger partial charge in [-0.2, -0.15) is 0 Å². The average Bonchev–Trinajstić information content (AvgIpc) is 2.86. The number of carbonyl (C=O) groups excluding carboxylic acids is 1. The number of carbonyl (C=O) groups is 1. The molecule has 0 saturated carbocycles. The lowest BCUT2D eigenvalue weighted by molar-refractivity contribution is 0.0969. The lowest BCUT2D eigenvalue weighted by Crippen LogP contribution is -2.16. The molecule has 25 heavy (non-hydrogen) atoms. The number of ketones is 1. The highest BCUT2D eigenvalue weighted by Crippen LogP contribution is 2.33. The fourth-order valence-corrected chi connectivity index (χ4v) is 3.33. The molecule has 0 amide bonds. The summed E-state index contributed by atoms with van der Waals surface area (Å²) in [5, 5.41) is 3.97. The van der Waals surface area contributed by atoms with Crippen LogP contribution in [0.5, 0.6) is 5.75 Å². The maximum atomic E-state index is 13.6. The van der Waals surface area contributed by atoms with E-state index in [0.717, 1.165) is 37.2 Å². The molecule has 3 nitrogen and oxygen atoms in total. The number of ether oxygens (including phenoxy) is 1. The van der Waals surface area contributed by atoms with Crippen LogP contribution in [-0.4, -0.2) is 25.5 Å². The molecule has 0 atom stereocenters. The van der Waals surface area contributed by atoms with Gasteiger partial charge in [-0.3, -0.25) is 4.79 Å². The highest BCUT2D eigenvalue weighted by Gasteiger charge is 2.16. The van der Waals surface area contributed by atoms with Crippen molar-refractivity contribution in [2.75, 3.05) is 19.7 Å². The zero-order chi connectivity index (χ0) is 17.6. The van der Waals surface area contributed by atoms with E-state index in [0.29, 0.717) is 18.1 Å². The molecule has 0 aliphatic carbocycles. The first-order chi connectivity index (χ1) is 12.2. The Balaban J connectivity index is 1.59. The van der Waals surface area contributed by atoms with Crippen molar-refractivity contribution >= 4 is 17.4 Å². The normalized spacial score (nSPS) is 13.8. The van der Waals surface area contributed by atoms with Crippen LogP contribution in [0.25, 0.3) is 0 Å². The Kier molecular flexibility index (Phi) is 6.05. The van der Waals surface area contributed by atoms with Crippen LogP contribution >= 0.6 is 11.6 Å². The maximum Gasteiger partial charge on any atom is 0.165 e. The van der Waals surface area contributed by atoms with E-state index in [2.05, 4.69) is 11.4 Å². The number of hydrogen-bond acceptors (Lipinski definition) is 3. The molecule has 0 fully saturated rings. The Morgan fingerprint density at radius 3 is 2.80 bits per heavy atom. The van der Waals surface area contributed by atoms with Crippen molar-refractivity contribution in [3.05, 3.63) is 63.9 Å². The van der Waals surface area contributed by atoms with Crippen molar-refractivity contribution in [3.8, 4) is 5.75 Å². The molecule has 5 heteroatoms. The second-order valence-electron chi connectivity index (χ2n) is 6.12. The second kappa shape index (κ2) is 8.45. The molecule has 0 unspecified atom stereocenters. The molecule has 0 saturated heterocycles. The Morgan fingerprint density at radius 2 is 1.96 bits per heavy atom. The lowest BCUT2D eigenvalue weighted by atomic mass is 10.0. The monoisotopic (exact) mass is 361 g/mol. The first-order valence-corrected chi connectivity index (χ1v) is 8.96.